The third-order valence-electron chi connectivity index (χ3n) is 7.79. The number of esters is 2. The summed E-state index contributed by atoms with van der Waals surface area (Å²) in [6.07, 6.45) is 5.29. The standard InChI is InChI=1S/C37H44F5NO5/c1-3-5-7-9-10-11-12-14-22-46-32-20-17-26(23-29(32)38)31-19-16-28(25-43-31)36(45)47-33-21-18-27(24-30(33)39)35(44)48-34(37(40,41)42)15-13-8-6-4-2/h16-21,23-25,34H,3-15,22H2,1-2H3. The number of carbonyl (C=O) groups is 2. The van der Waals surface area contributed by atoms with Crippen LogP contribution in [-0.2, 0) is 4.74 Å². The molecule has 0 aliphatic rings. The van der Waals surface area contributed by atoms with E-state index in [1.54, 1.807) is 6.07 Å². The zero-order chi connectivity index (χ0) is 34.9. The predicted octanol–water partition coefficient (Wildman–Crippen LogP) is 10.8. The molecule has 0 spiro atoms. The van der Waals surface area contributed by atoms with E-state index in [0.717, 1.165) is 44.2 Å². The molecule has 0 bridgehead atoms. The summed E-state index contributed by atoms with van der Waals surface area (Å²) in [5.41, 5.74) is 0.326. The van der Waals surface area contributed by atoms with Crippen LogP contribution in [0.3, 0.4) is 0 Å². The SMILES string of the molecule is CCCCCCCCCCOc1ccc(-c2ccc(C(=O)Oc3ccc(C(=O)OC(CCCCCC)C(F)(F)F)cc3F)cn2)cc1F. The molecule has 0 amide bonds. The van der Waals surface area contributed by atoms with E-state index in [0.29, 0.717) is 30.4 Å². The zero-order valence-electron chi connectivity index (χ0n) is 27.6. The minimum absolute atomic E-state index is 0.0384. The number of rotatable bonds is 20. The van der Waals surface area contributed by atoms with Crippen LogP contribution in [0.4, 0.5) is 22.0 Å². The summed E-state index contributed by atoms with van der Waals surface area (Å²) >= 11 is 0. The van der Waals surface area contributed by atoms with Gasteiger partial charge in [-0.2, -0.15) is 13.2 Å². The first-order chi connectivity index (χ1) is 23.0. The Kier molecular flexibility index (Phi) is 15.8. The molecule has 0 saturated heterocycles. The Morgan fingerprint density at radius 1 is 0.708 bits per heavy atom. The van der Waals surface area contributed by atoms with Gasteiger partial charge in [0.2, 0.25) is 0 Å². The Labute approximate surface area is 279 Å². The highest BCUT2D eigenvalue weighted by Gasteiger charge is 2.42. The minimum atomic E-state index is -4.77. The molecule has 0 radical (unpaired) electrons. The van der Waals surface area contributed by atoms with Crippen LogP contribution < -0.4 is 9.47 Å². The Morgan fingerprint density at radius 2 is 1.31 bits per heavy atom. The van der Waals surface area contributed by atoms with E-state index in [1.807, 2.05) is 6.92 Å². The van der Waals surface area contributed by atoms with Crippen molar-refractivity contribution in [1.82, 2.24) is 4.98 Å². The van der Waals surface area contributed by atoms with Crippen molar-refractivity contribution in [2.24, 2.45) is 0 Å². The minimum Gasteiger partial charge on any atom is -0.491 e. The van der Waals surface area contributed by atoms with Crippen molar-refractivity contribution in [3.63, 3.8) is 0 Å². The summed E-state index contributed by atoms with van der Waals surface area (Å²) in [5.74, 6) is -4.40. The van der Waals surface area contributed by atoms with E-state index in [2.05, 4.69) is 16.6 Å². The van der Waals surface area contributed by atoms with Crippen LogP contribution in [0.25, 0.3) is 11.3 Å². The van der Waals surface area contributed by atoms with Crippen LogP contribution in [0.15, 0.2) is 54.7 Å². The highest BCUT2D eigenvalue weighted by Crippen LogP contribution is 2.29. The first-order valence-corrected chi connectivity index (χ1v) is 16.7. The fraction of sp³-hybridized carbons (Fsp3) is 0.486. The Morgan fingerprint density at radius 3 is 1.92 bits per heavy atom. The normalized spacial score (nSPS) is 12.1. The lowest BCUT2D eigenvalue weighted by Gasteiger charge is -2.20. The van der Waals surface area contributed by atoms with Crippen molar-refractivity contribution in [3.8, 4) is 22.8 Å². The average molecular weight is 678 g/mol. The molecule has 6 nitrogen and oxygen atoms in total. The number of pyridine rings is 1. The summed E-state index contributed by atoms with van der Waals surface area (Å²) in [5, 5.41) is 0. The lowest BCUT2D eigenvalue weighted by atomic mass is 10.1. The van der Waals surface area contributed by atoms with Gasteiger partial charge in [-0.1, -0.05) is 78.1 Å². The fourth-order valence-corrected chi connectivity index (χ4v) is 4.99. The molecule has 0 fully saturated rings. The molecule has 0 saturated carbocycles. The molecule has 2 aromatic carbocycles. The van der Waals surface area contributed by atoms with Crippen molar-refractivity contribution >= 4 is 11.9 Å². The van der Waals surface area contributed by atoms with Crippen LogP contribution in [0.5, 0.6) is 11.5 Å². The number of unbranched alkanes of at least 4 members (excludes halogenated alkanes) is 10. The number of halogens is 5. The summed E-state index contributed by atoms with van der Waals surface area (Å²) in [6, 6.07) is 9.92. The van der Waals surface area contributed by atoms with Crippen molar-refractivity contribution < 1.29 is 45.8 Å². The topological polar surface area (TPSA) is 74.7 Å². The van der Waals surface area contributed by atoms with Crippen molar-refractivity contribution in [2.45, 2.75) is 110 Å². The number of hydrogen-bond acceptors (Lipinski definition) is 6. The summed E-state index contributed by atoms with van der Waals surface area (Å²) in [7, 11) is 0. The Hall–Kier alpha value is -4.02. The lowest BCUT2D eigenvalue weighted by molar-refractivity contribution is -0.206. The van der Waals surface area contributed by atoms with E-state index < -0.39 is 53.6 Å². The number of ether oxygens (including phenoxy) is 3. The smallest absolute Gasteiger partial charge is 0.425 e. The second-order valence-corrected chi connectivity index (χ2v) is 11.7. The third kappa shape index (κ3) is 12.5. The third-order valence-corrected chi connectivity index (χ3v) is 7.79. The van der Waals surface area contributed by atoms with Gasteiger partial charge in [0.15, 0.2) is 29.2 Å². The highest BCUT2D eigenvalue weighted by molar-refractivity contribution is 5.92. The fourth-order valence-electron chi connectivity index (χ4n) is 4.99. The highest BCUT2D eigenvalue weighted by atomic mass is 19.4. The van der Waals surface area contributed by atoms with Crippen LogP contribution in [0, 0.1) is 11.6 Å². The van der Waals surface area contributed by atoms with E-state index in [4.69, 9.17) is 9.47 Å². The molecule has 0 aliphatic heterocycles. The van der Waals surface area contributed by atoms with Gasteiger partial charge < -0.3 is 14.2 Å². The van der Waals surface area contributed by atoms with Crippen molar-refractivity contribution in [1.29, 1.82) is 0 Å². The second kappa shape index (κ2) is 19.7. The summed E-state index contributed by atoms with van der Waals surface area (Å²) in [6.45, 7) is 4.53. The largest absolute Gasteiger partial charge is 0.491 e. The van der Waals surface area contributed by atoms with Crippen LogP contribution in [-0.4, -0.2) is 35.8 Å². The van der Waals surface area contributed by atoms with Gasteiger partial charge in [-0.25, -0.2) is 18.4 Å². The van der Waals surface area contributed by atoms with Crippen LogP contribution >= 0.6 is 0 Å². The second-order valence-electron chi connectivity index (χ2n) is 11.7. The average Bonchev–Trinajstić information content (AvgIpc) is 3.06. The number of benzene rings is 2. The van der Waals surface area contributed by atoms with Crippen LogP contribution in [0.2, 0.25) is 0 Å². The molecule has 0 N–H and O–H groups in total. The van der Waals surface area contributed by atoms with Gasteiger partial charge in [0.1, 0.15) is 0 Å². The molecule has 0 aliphatic carbocycles. The van der Waals surface area contributed by atoms with E-state index in [9.17, 15) is 31.5 Å². The monoisotopic (exact) mass is 677 g/mol. The van der Waals surface area contributed by atoms with Gasteiger partial charge in [-0.3, -0.25) is 4.98 Å². The Bertz CT molecular complexity index is 1450. The maximum Gasteiger partial charge on any atom is 0.425 e. The molecule has 262 valence electrons. The maximum absolute atomic E-state index is 14.7. The lowest BCUT2D eigenvalue weighted by Crippen LogP contribution is -2.33. The molecule has 1 unspecified atom stereocenters. The van der Waals surface area contributed by atoms with Gasteiger partial charge in [0, 0.05) is 11.8 Å². The van der Waals surface area contributed by atoms with Crippen LogP contribution in [0.1, 0.15) is 118 Å². The first-order valence-electron chi connectivity index (χ1n) is 16.7. The predicted molar refractivity (Wildman–Crippen MR) is 173 cm³/mol. The van der Waals surface area contributed by atoms with Gasteiger partial charge in [-0.05, 0) is 67.8 Å². The summed E-state index contributed by atoms with van der Waals surface area (Å²) < 4.78 is 84.9. The molecule has 11 heteroatoms. The number of carbonyl (C=O) groups excluding carboxylic acids is 2. The molecule has 3 aromatic rings. The molecular weight excluding hydrogens is 633 g/mol. The number of hydrogen-bond donors (Lipinski definition) is 0. The molecule has 3 rings (SSSR count). The summed E-state index contributed by atoms with van der Waals surface area (Å²) in [4.78, 5) is 29.2. The Balaban J connectivity index is 1.52. The maximum atomic E-state index is 14.7. The van der Waals surface area contributed by atoms with E-state index >= 15 is 0 Å². The van der Waals surface area contributed by atoms with Crippen molar-refractivity contribution in [3.05, 3.63) is 77.5 Å². The molecule has 48 heavy (non-hydrogen) atoms. The van der Waals surface area contributed by atoms with Gasteiger partial charge in [-0.15, -0.1) is 0 Å². The first kappa shape index (κ1) is 38.4. The van der Waals surface area contributed by atoms with Gasteiger partial charge in [0.25, 0.3) is 0 Å². The molecule has 1 atom stereocenters. The van der Waals surface area contributed by atoms with Gasteiger partial charge in [0.05, 0.1) is 23.4 Å². The number of aromatic nitrogens is 1. The number of alkyl halides is 3. The van der Waals surface area contributed by atoms with E-state index in [1.165, 1.54) is 62.6 Å². The van der Waals surface area contributed by atoms with Crippen molar-refractivity contribution in [2.75, 3.05) is 6.61 Å². The quantitative estimate of drug-likeness (QED) is 0.0513. The zero-order valence-corrected chi connectivity index (χ0v) is 27.6. The van der Waals surface area contributed by atoms with Gasteiger partial charge >= 0.3 is 18.1 Å². The molecule has 1 aromatic heterocycles. The van der Waals surface area contributed by atoms with E-state index in [-0.39, 0.29) is 17.7 Å². The number of nitrogens with zero attached hydrogens (tertiary/aromatic N) is 1. The molecule has 1 heterocycles. The molecular formula is C37H44F5NO5.